The van der Waals surface area contributed by atoms with E-state index in [1.54, 1.807) is 0 Å². The van der Waals surface area contributed by atoms with Gasteiger partial charge in [-0.2, -0.15) is 0 Å². The minimum absolute atomic E-state index is 0.134. The van der Waals surface area contributed by atoms with Crippen LogP contribution in [0.4, 0.5) is 0 Å². The van der Waals surface area contributed by atoms with E-state index in [1.165, 1.54) is 11.1 Å². The summed E-state index contributed by atoms with van der Waals surface area (Å²) in [6.07, 6.45) is 10.1. The maximum Gasteiger partial charge on any atom is 0.258 e. The van der Waals surface area contributed by atoms with Crippen LogP contribution < -0.4 is 0 Å². The molecule has 19 heavy (non-hydrogen) atoms. The molecule has 96 valence electrons. The van der Waals surface area contributed by atoms with Crippen LogP contribution >= 0.6 is 0 Å². The maximum absolute atomic E-state index is 12.6. The Balaban J connectivity index is 1.93. The molecule has 1 aliphatic carbocycles. The fourth-order valence-electron chi connectivity index (χ4n) is 2.62. The van der Waals surface area contributed by atoms with Crippen molar-refractivity contribution in [1.29, 1.82) is 0 Å². The summed E-state index contributed by atoms with van der Waals surface area (Å²) in [5.41, 5.74) is 4.33. The SMILES string of the molecule is CC1=CC=C(N2CCc3ccccc3C2=O)CC=C1. The molecule has 0 radical (unpaired) electrons. The van der Waals surface area contributed by atoms with Crippen LogP contribution in [0.5, 0.6) is 0 Å². The van der Waals surface area contributed by atoms with Crippen molar-refractivity contribution in [2.45, 2.75) is 19.8 Å². The molecule has 0 atom stereocenters. The van der Waals surface area contributed by atoms with Crippen molar-refractivity contribution in [3.8, 4) is 0 Å². The zero-order chi connectivity index (χ0) is 13.2. The average molecular weight is 251 g/mol. The van der Waals surface area contributed by atoms with Gasteiger partial charge in [-0.1, -0.05) is 42.0 Å². The van der Waals surface area contributed by atoms with Gasteiger partial charge in [-0.15, -0.1) is 0 Å². The van der Waals surface area contributed by atoms with Gasteiger partial charge in [0.05, 0.1) is 0 Å². The third-order valence-corrected chi connectivity index (χ3v) is 3.69. The van der Waals surface area contributed by atoms with Crippen LogP contribution in [0.15, 0.2) is 59.8 Å². The average Bonchev–Trinajstić information content (AvgIpc) is 2.65. The van der Waals surface area contributed by atoms with Crippen molar-refractivity contribution >= 4 is 5.91 Å². The molecule has 0 saturated heterocycles. The van der Waals surface area contributed by atoms with Gasteiger partial charge in [-0.3, -0.25) is 4.79 Å². The van der Waals surface area contributed by atoms with E-state index in [0.717, 1.165) is 30.6 Å². The van der Waals surface area contributed by atoms with Crippen LogP contribution in [0.1, 0.15) is 29.3 Å². The van der Waals surface area contributed by atoms with Gasteiger partial charge in [0.2, 0.25) is 0 Å². The van der Waals surface area contributed by atoms with Crippen molar-refractivity contribution in [3.63, 3.8) is 0 Å². The summed E-state index contributed by atoms with van der Waals surface area (Å²) in [6.45, 7) is 2.85. The minimum Gasteiger partial charge on any atom is -0.311 e. The monoisotopic (exact) mass is 251 g/mol. The molecule has 3 rings (SSSR count). The molecule has 1 aliphatic heterocycles. The van der Waals surface area contributed by atoms with Crippen LogP contribution in [-0.4, -0.2) is 17.4 Å². The number of nitrogens with zero attached hydrogens (tertiary/aromatic N) is 1. The van der Waals surface area contributed by atoms with E-state index in [-0.39, 0.29) is 5.91 Å². The van der Waals surface area contributed by atoms with Crippen molar-refractivity contribution in [2.75, 3.05) is 6.54 Å². The Kier molecular flexibility index (Phi) is 3.08. The largest absolute Gasteiger partial charge is 0.311 e. The molecular weight excluding hydrogens is 234 g/mol. The molecule has 0 spiro atoms. The Morgan fingerprint density at radius 1 is 1.16 bits per heavy atom. The molecule has 0 N–H and O–H groups in total. The number of carbonyl (C=O) groups excluding carboxylic acids is 1. The first-order valence-corrected chi connectivity index (χ1v) is 6.69. The van der Waals surface area contributed by atoms with Gasteiger partial charge in [0.25, 0.3) is 5.91 Å². The van der Waals surface area contributed by atoms with Crippen LogP contribution in [-0.2, 0) is 6.42 Å². The zero-order valence-electron chi connectivity index (χ0n) is 11.1. The van der Waals surface area contributed by atoms with Gasteiger partial charge in [0, 0.05) is 24.2 Å². The first kappa shape index (κ1) is 12.0. The number of allylic oxidation sites excluding steroid dienone is 5. The molecule has 0 fully saturated rings. The highest BCUT2D eigenvalue weighted by Crippen LogP contribution is 2.24. The lowest BCUT2D eigenvalue weighted by molar-refractivity contribution is 0.0789. The van der Waals surface area contributed by atoms with Crippen LogP contribution in [0, 0.1) is 0 Å². The predicted octanol–water partition coefficient (Wildman–Crippen LogP) is 3.48. The standard InChI is InChI=1S/C17H17NO/c1-13-5-4-7-15(10-9-13)18-12-11-14-6-2-3-8-16(14)17(18)19/h2-6,8-10H,7,11-12H2,1H3. The number of hydrogen-bond acceptors (Lipinski definition) is 1. The van der Waals surface area contributed by atoms with E-state index in [1.807, 2.05) is 23.1 Å². The third kappa shape index (κ3) is 2.26. The summed E-state index contributed by atoms with van der Waals surface area (Å²) in [4.78, 5) is 14.5. The Bertz CT molecular complexity index is 607. The van der Waals surface area contributed by atoms with E-state index < -0.39 is 0 Å². The second-order valence-corrected chi connectivity index (χ2v) is 5.04. The minimum atomic E-state index is 0.134. The second-order valence-electron chi connectivity index (χ2n) is 5.04. The molecule has 1 aromatic rings. The van der Waals surface area contributed by atoms with Crippen molar-refractivity contribution < 1.29 is 4.79 Å². The van der Waals surface area contributed by atoms with Crippen molar-refractivity contribution in [2.24, 2.45) is 0 Å². The number of rotatable bonds is 1. The lowest BCUT2D eigenvalue weighted by Gasteiger charge is -2.30. The van der Waals surface area contributed by atoms with E-state index in [9.17, 15) is 4.79 Å². The number of carbonyl (C=O) groups is 1. The smallest absolute Gasteiger partial charge is 0.258 e. The second kappa shape index (κ2) is 4.88. The van der Waals surface area contributed by atoms with Gasteiger partial charge in [-0.05, 0) is 31.1 Å². The summed E-state index contributed by atoms with van der Waals surface area (Å²) in [7, 11) is 0. The Hall–Kier alpha value is -2.09. The molecule has 0 unspecified atom stereocenters. The molecule has 1 aromatic carbocycles. The normalized spacial score (nSPS) is 18.6. The van der Waals surface area contributed by atoms with Gasteiger partial charge < -0.3 is 4.90 Å². The highest BCUT2D eigenvalue weighted by atomic mass is 16.2. The molecule has 0 saturated carbocycles. The Morgan fingerprint density at radius 2 is 2.00 bits per heavy atom. The number of benzene rings is 1. The fraction of sp³-hybridized carbons (Fsp3) is 0.235. The third-order valence-electron chi connectivity index (χ3n) is 3.69. The molecule has 1 amide bonds. The van der Waals surface area contributed by atoms with Crippen molar-refractivity contribution in [1.82, 2.24) is 4.90 Å². The molecule has 2 nitrogen and oxygen atoms in total. The highest BCUT2D eigenvalue weighted by molar-refractivity contribution is 5.97. The van der Waals surface area contributed by atoms with Gasteiger partial charge in [0.1, 0.15) is 0 Å². The molecule has 0 bridgehead atoms. The number of amides is 1. The van der Waals surface area contributed by atoms with Crippen molar-refractivity contribution in [3.05, 3.63) is 71.0 Å². The maximum atomic E-state index is 12.6. The molecular formula is C17H17NO. The summed E-state index contributed by atoms with van der Waals surface area (Å²) < 4.78 is 0. The summed E-state index contributed by atoms with van der Waals surface area (Å²) in [5.74, 6) is 0.134. The molecule has 0 aromatic heterocycles. The van der Waals surface area contributed by atoms with Gasteiger partial charge in [0.15, 0.2) is 0 Å². The molecule has 2 heteroatoms. The first-order chi connectivity index (χ1) is 9.25. The van der Waals surface area contributed by atoms with E-state index >= 15 is 0 Å². The lowest BCUT2D eigenvalue weighted by atomic mass is 9.98. The van der Waals surface area contributed by atoms with Crippen LogP contribution in [0.25, 0.3) is 0 Å². The number of fused-ring (bicyclic) bond motifs is 1. The van der Waals surface area contributed by atoms with Gasteiger partial charge in [-0.25, -0.2) is 0 Å². The quantitative estimate of drug-likeness (QED) is 0.748. The Labute approximate surface area is 113 Å². The Morgan fingerprint density at radius 3 is 2.89 bits per heavy atom. The highest BCUT2D eigenvalue weighted by Gasteiger charge is 2.25. The lowest BCUT2D eigenvalue weighted by Crippen LogP contribution is -2.36. The summed E-state index contributed by atoms with van der Waals surface area (Å²) in [6, 6.07) is 7.92. The van der Waals surface area contributed by atoms with E-state index in [0.29, 0.717) is 0 Å². The zero-order valence-corrected chi connectivity index (χ0v) is 11.1. The van der Waals surface area contributed by atoms with E-state index in [2.05, 4.69) is 37.3 Å². The summed E-state index contributed by atoms with van der Waals surface area (Å²) >= 11 is 0. The van der Waals surface area contributed by atoms with Crippen LogP contribution in [0.2, 0.25) is 0 Å². The molecule has 2 aliphatic rings. The van der Waals surface area contributed by atoms with Gasteiger partial charge >= 0.3 is 0 Å². The van der Waals surface area contributed by atoms with E-state index in [4.69, 9.17) is 0 Å². The number of hydrogen-bond donors (Lipinski definition) is 0. The first-order valence-electron chi connectivity index (χ1n) is 6.69. The molecule has 1 heterocycles. The topological polar surface area (TPSA) is 20.3 Å². The predicted molar refractivity (Wildman–Crippen MR) is 76.8 cm³/mol. The summed E-state index contributed by atoms with van der Waals surface area (Å²) in [5, 5.41) is 0. The van der Waals surface area contributed by atoms with Crippen LogP contribution in [0.3, 0.4) is 0 Å². The fourth-order valence-corrected chi connectivity index (χ4v) is 2.62.